The van der Waals surface area contributed by atoms with Crippen LogP contribution in [0, 0.1) is 12.8 Å². The van der Waals surface area contributed by atoms with Crippen LogP contribution < -0.4 is 14.8 Å². The van der Waals surface area contributed by atoms with Gasteiger partial charge in [-0.15, -0.1) is 0 Å². The Morgan fingerprint density at radius 2 is 1.74 bits per heavy atom. The molecule has 206 valence electrons. The van der Waals surface area contributed by atoms with E-state index in [9.17, 15) is 18.0 Å². The second-order valence-electron chi connectivity index (χ2n) is 9.45. The summed E-state index contributed by atoms with van der Waals surface area (Å²) < 4.78 is 40.2. The van der Waals surface area contributed by atoms with Crippen LogP contribution in [-0.2, 0) is 32.6 Å². The van der Waals surface area contributed by atoms with Crippen molar-refractivity contribution in [3.05, 3.63) is 93.5 Å². The molecule has 3 aromatic rings. The van der Waals surface area contributed by atoms with Gasteiger partial charge in [0, 0.05) is 17.6 Å². The summed E-state index contributed by atoms with van der Waals surface area (Å²) in [6, 6.07) is 18.8. The zero-order valence-electron chi connectivity index (χ0n) is 21.6. The Kier molecular flexibility index (Phi) is 9.77. The molecule has 39 heavy (non-hydrogen) atoms. The van der Waals surface area contributed by atoms with Crippen molar-refractivity contribution in [3.63, 3.8) is 0 Å². The molecule has 0 spiro atoms. The van der Waals surface area contributed by atoms with Crippen LogP contribution in [0.15, 0.2) is 76.1 Å². The number of amides is 2. The van der Waals surface area contributed by atoms with Crippen molar-refractivity contribution >= 4 is 37.8 Å². The Labute approximate surface area is 237 Å². The van der Waals surface area contributed by atoms with E-state index in [4.69, 9.17) is 9.47 Å². The summed E-state index contributed by atoms with van der Waals surface area (Å²) in [5.74, 6) is -0.620. The smallest absolute Gasteiger partial charge is 0.268 e. The van der Waals surface area contributed by atoms with E-state index in [1.54, 1.807) is 30.3 Å². The van der Waals surface area contributed by atoms with Gasteiger partial charge in [0.15, 0.2) is 0 Å². The summed E-state index contributed by atoms with van der Waals surface area (Å²) in [6.07, 6.45) is 2.26. The number of ether oxygens (including phenoxy) is 2. The molecule has 0 saturated carbocycles. The SMILES string of the molecule is Cc1ccc(C(=O)NS(=O)(=O)c2ccc(CCNC(=O)C3CCCOC3)cc2)c(OCc2ccc(Br)cc2)c1. The van der Waals surface area contributed by atoms with Crippen molar-refractivity contribution in [2.75, 3.05) is 19.8 Å². The lowest BCUT2D eigenvalue weighted by Gasteiger charge is -2.21. The first-order valence-electron chi connectivity index (χ1n) is 12.7. The van der Waals surface area contributed by atoms with Crippen molar-refractivity contribution in [1.29, 1.82) is 0 Å². The van der Waals surface area contributed by atoms with Gasteiger partial charge in [-0.2, -0.15) is 0 Å². The van der Waals surface area contributed by atoms with E-state index >= 15 is 0 Å². The van der Waals surface area contributed by atoms with Gasteiger partial charge in [0.25, 0.3) is 15.9 Å². The molecule has 0 radical (unpaired) electrons. The summed E-state index contributed by atoms with van der Waals surface area (Å²) in [6.45, 7) is 3.68. The highest BCUT2D eigenvalue weighted by atomic mass is 79.9. The van der Waals surface area contributed by atoms with E-state index in [0.29, 0.717) is 31.9 Å². The highest BCUT2D eigenvalue weighted by Gasteiger charge is 2.23. The highest BCUT2D eigenvalue weighted by molar-refractivity contribution is 9.10. The maximum Gasteiger partial charge on any atom is 0.268 e. The van der Waals surface area contributed by atoms with Crippen molar-refractivity contribution in [2.45, 2.75) is 37.7 Å². The number of benzene rings is 3. The molecule has 1 saturated heterocycles. The molecule has 0 bridgehead atoms. The molecular formula is C29H31BrN2O6S. The summed E-state index contributed by atoms with van der Waals surface area (Å²) in [5, 5.41) is 2.91. The monoisotopic (exact) mass is 614 g/mol. The molecule has 1 atom stereocenters. The third-order valence-corrected chi connectivity index (χ3v) is 8.27. The normalized spacial score (nSPS) is 15.4. The van der Waals surface area contributed by atoms with Crippen LogP contribution in [0.5, 0.6) is 5.75 Å². The summed E-state index contributed by atoms with van der Waals surface area (Å²) in [7, 11) is -4.12. The Balaban J connectivity index is 1.35. The van der Waals surface area contributed by atoms with Crippen LogP contribution in [0.2, 0.25) is 0 Å². The molecule has 2 amide bonds. The Morgan fingerprint density at radius 3 is 2.44 bits per heavy atom. The molecule has 0 aliphatic carbocycles. The molecule has 1 fully saturated rings. The van der Waals surface area contributed by atoms with Crippen LogP contribution in [0.4, 0.5) is 0 Å². The molecule has 2 N–H and O–H groups in total. The van der Waals surface area contributed by atoms with E-state index < -0.39 is 15.9 Å². The lowest BCUT2D eigenvalue weighted by molar-refractivity contribution is -0.128. The number of carbonyl (C=O) groups is 2. The van der Waals surface area contributed by atoms with Crippen LogP contribution in [-0.4, -0.2) is 40.0 Å². The minimum atomic E-state index is -4.12. The van der Waals surface area contributed by atoms with Gasteiger partial charge >= 0.3 is 0 Å². The minimum absolute atomic E-state index is 0.0205. The van der Waals surface area contributed by atoms with Crippen molar-refractivity contribution in [1.82, 2.24) is 10.0 Å². The number of nitrogens with one attached hydrogen (secondary N) is 2. The van der Waals surface area contributed by atoms with Gasteiger partial charge in [0.1, 0.15) is 12.4 Å². The molecule has 1 heterocycles. The molecule has 1 aliphatic rings. The van der Waals surface area contributed by atoms with Gasteiger partial charge in [0.05, 0.1) is 23.0 Å². The van der Waals surface area contributed by atoms with Crippen LogP contribution in [0.1, 0.15) is 39.9 Å². The number of hydrogen-bond donors (Lipinski definition) is 2. The maximum absolute atomic E-state index is 13.0. The molecule has 8 nitrogen and oxygen atoms in total. The third kappa shape index (κ3) is 8.14. The highest BCUT2D eigenvalue weighted by Crippen LogP contribution is 2.23. The van der Waals surface area contributed by atoms with E-state index in [0.717, 1.165) is 34.0 Å². The standard InChI is InChI=1S/C29H31BrN2O6S/c1-20-4-13-26(27(17-20)38-18-22-5-9-24(30)10-6-22)29(34)32-39(35,36)25-11-7-21(8-12-25)14-15-31-28(33)23-3-2-16-37-19-23/h4-13,17,23H,2-3,14-16,18-19H2,1H3,(H,31,33)(H,32,34). The topological polar surface area (TPSA) is 111 Å². The number of halogens is 1. The van der Waals surface area contributed by atoms with Crippen LogP contribution >= 0.6 is 15.9 Å². The average Bonchev–Trinajstić information content (AvgIpc) is 2.93. The van der Waals surface area contributed by atoms with Gasteiger partial charge in [0.2, 0.25) is 5.91 Å². The Morgan fingerprint density at radius 1 is 1.03 bits per heavy atom. The summed E-state index contributed by atoms with van der Waals surface area (Å²) in [5.41, 5.74) is 2.76. The first kappa shape index (κ1) is 28.8. The predicted molar refractivity (Wildman–Crippen MR) is 151 cm³/mol. The number of sulfonamides is 1. The van der Waals surface area contributed by atoms with Gasteiger partial charge in [-0.25, -0.2) is 13.1 Å². The zero-order chi connectivity index (χ0) is 27.8. The average molecular weight is 616 g/mol. The minimum Gasteiger partial charge on any atom is -0.488 e. The van der Waals surface area contributed by atoms with E-state index in [1.807, 2.05) is 31.2 Å². The molecule has 10 heteroatoms. The van der Waals surface area contributed by atoms with E-state index in [2.05, 4.69) is 26.0 Å². The van der Waals surface area contributed by atoms with Crippen LogP contribution in [0.25, 0.3) is 0 Å². The number of aryl methyl sites for hydroxylation is 1. The fourth-order valence-corrected chi connectivity index (χ4v) is 5.40. The molecular weight excluding hydrogens is 584 g/mol. The Hall–Kier alpha value is -3.21. The van der Waals surface area contributed by atoms with Gasteiger partial charge in [-0.05, 0) is 79.3 Å². The lowest BCUT2D eigenvalue weighted by atomic mass is 10.0. The second-order valence-corrected chi connectivity index (χ2v) is 12.0. The first-order chi connectivity index (χ1) is 18.7. The third-order valence-electron chi connectivity index (χ3n) is 6.39. The summed E-state index contributed by atoms with van der Waals surface area (Å²) >= 11 is 3.39. The van der Waals surface area contributed by atoms with E-state index in [-0.39, 0.29) is 28.9 Å². The van der Waals surface area contributed by atoms with Crippen molar-refractivity contribution in [3.8, 4) is 5.75 Å². The maximum atomic E-state index is 13.0. The second kappa shape index (κ2) is 13.2. The number of hydrogen-bond acceptors (Lipinski definition) is 6. The van der Waals surface area contributed by atoms with Crippen molar-refractivity contribution in [2.24, 2.45) is 5.92 Å². The number of carbonyl (C=O) groups excluding carboxylic acids is 2. The first-order valence-corrected chi connectivity index (χ1v) is 15.0. The molecule has 4 rings (SSSR count). The summed E-state index contributed by atoms with van der Waals surface area (Å²) in [4.78, 5) is 25.2. The lowest BCUT2D eigenvalue weighted by Crippen LogP contribution is -2.36. The van der Waals surface area contributed by atoms with Gasteiger partial charge in [-0.3, -0.25) is 9.59 Å². The number of rotatable bonds is 10. The van der Waals surface area contributed by atoms with Crippen molar-refractivity contribution < 1.29 is 27.5 Å². The molecule has 3 aromatic carbocycles. The van der Waals surface area contributed by atoms with Crippen LogP contribution in [0.3, 0.4) is 0 Å². The zero-order valence-corrected chi connectivity index (χ0v) is 24.0. The quantitative estimate of drug-likeness (QED) is 0.347. The fourth-order valence-electron chi connectivity index (χ4n) is 4.17. The van der Waals surface area contributed by atoms with E-state index in [1.165, 1.54) is 12.1 Å². The molecule has 1 aliphatic heterocycles. The Bertz CT molecular complexity index is 1400. The molecule has 0 aromatic heterocycles. The van der Waals surface area contributed by atoms with Gasteiger partial charge in [-0.1, -0.05) is 46.3 Å². The predicted octanol–water partition coefficient (Wildman–Crippen LogP) is 4.54. The molecule has 1 unspecified atom stereocenters. The largest absolute Gasteiger partial charge is 0.488 e. The fraction of sp³-hybridized carbons (Fsp3) is 0.310. The van der Waals surface area contributed by atoms with Gasteiger partial charge < -0.3 is 14.8 Å².